The molecule has 4 aromatic rings. The average molecular weight is 418 g/mol. The lowest BCUT2D eigenvalue weighted by Gasteiger charge is -2.19. The van der Waals surface area contributed by atoms with E-state index in [9.17, 15) is 4.79 Å². The van der Waals surface area contributed by atoms with Crippen LogP contribution in [0.25, 0.3) is 0 Å². The molecule has 6 heteroatoms. The number of aryl methyl sites for hydroxylation is 2. The second kappa shape index (κ2) is 8.97. The van der Waals surface area contributed by atoms with Gasteiger partial charge < -0.3 is 10.1 Å². The monoisotopic (exact) mass is 417 g/mol. The van der Waals surface area contributed by atoms with Gasteiger partial charge in [0.1, 0.15) is 17.5 Å². The van der Waals surface area contributed by atoms with Gasteiger partial charge in [0, 0.05) is 22.7 Å². The Morgan fingerprint density at radius 1 is 1.03 bits per heavy atom. The van der Waals surface area contributed by atoms with Crippen LogP contribution in [0.5, 0.6) is 11.5 Å². The first-order valence-electron chi connectivity index (χ1n) is 9.77. The Morgan fingerprint density at radius 2 is 1.77 bits per heavy atom. The summed E-state index contributed by atoms with van der Waals surface area (Å²) >= 11 is 1.67. The van der Waals surface area contributed by atoms with Gasteiger partial charge >= 0.3 is 0 Å². The number of thiophene rings is 1. The van der Waals surface area contributed by atoms with Crippen LogP contribution in [0.4, 0.5) is 0 Å². The first kappa shape index (κ1) is 19.9. The van der Waals surface area contributed by atoms with Crippen molar-refractivity contribution in [3.63, 3.8) is 0 Å². The molecule has 4 rings (SSSR count). The van der Waals surface area contributed by atoms with Crippen LogP contribution in [0.2, 0.25) is 0 Å². The molecule has 0 aliphatic heterocycles. The van der Waals surface area contributed by atoms with Crippen molar-refractivity contribution < 1.29 is 9.53 Å². The maximum atomic E-state index is 12.7. The number of nitrogens with zero attached hydrogens (tertiary/aromatic N) is 2. The molecule has 1 atom stereocenters. The van der Waals surface area contributed by atoms with Crippen LogP contribution in [-0.4, -0.2) is 22.2 Å². The highest BCUT2D eigenvalue weighted by atomic mass is 32.1. The molecule has 152 valence electrons. The highest BCUT2D eigenvalue weighted by Crippen LogP contribution is 2.25. The number of amides is 1. The first-order valence-corrected chi connectivity index (χ1v) is 10.7. The minimum Gasteiger partial charge on any atom is -0.457 e. The molecule has 1 unspecified atom stereocenters. The van der Waals surface area contributed by atoms with Crippen LogP contribution >= 0.6 is 11.3 Å². The molecule has 1 amide bonds. The van der Waals surface area contributed by atoms with E-state index in [1.807, 2.05) is 66.4 Å². The topological polar surface area (TPSA) is 56.2 Å². The molecular formula is C24H23N3O2S. The Kier molecular flexibility index (Phi) is 5.95. The largest absolute Gasteiger partial charge is 0.457 e. The number of hydrogen-bond donors (Lipinski definition) is 1. The third kappa shape index (κ3) is 4.60. The molecule has 5 nitrogen and oxygen atoms in total. The molecule has 0 bridgehead atoms. The van der Waals surface area contributed by atoms with E-state index in [2.05, 4.69) is 16.5 Å². The average Bonchev–Trinajstić information content (AvgIpc) is 3.39. The normalized spacial score (nSPS) is 11.8. The highest BCUT2D eigenvalue weighted by molar-refractivity contribution is 7.10. The second-order valence-electron chi connectivity index (χ2n) is 7.05. The van der Waals surface area contributed by atoms with E-state index in [4.69, 9.17) is 4.74 Å². The number of hydrogen-bond acceptors (Lipinski definition) is 4. The smallest absolute Gasteiger partial charge is 0.251 e. The van der Waals surface area contributed by atoms with E-state index < -0.39 is 0 Å². The highest BCUT2D eigenvalue weighted by Gasteiger charge is 2.19. The van der Waals surface area contributed by atoms with Crippen molar-refractivity contribution in [2.75, 3.05) is 6.54 Å². The summed E-state index contributed by atoms with van der Waals surface area (Å²) < 4.78 is 7.78. The number of nitrogens with one attached hydrogen (secondary N) is 1. The standard InChI is InChI=1S/C24H23N3O2S/c1-17-15-18(2)27(26-17)22(23-9-6-14-30-23)16-25-24(28)19-10-12-21(13-11-19)29-20-7-4-3-5-8-20/h3-15,22H,16H2,1-2H3,(H,25,28). The Balaban J connectivity index is 1.44. The maximum absolute atomic E-state index is 12.7. The molecule has 1 N–H and O–H groups in total. The summed E-state index contributed by atoms with van der Waals surface area (Å²) in [7, 11) is 0. The van der Waals surface area contributed by atoms with E-state index in [-0.39, 0.29) is 11.9 Å². The molecule has 30 heavy (non-hydrogen) atoms. The van der Waals surface area contributed by atoms with Crippen molar-refractivity contribution in [2.45, 2.75) is 19.9 Å². The fourth-order valence-corrected chi connectivity index (χ4v) is 4.15. The van der Waals surface area contributed by atoms with E-state index in [1.165, 1.54) is 0 Å². The summed E-state index contributed by atoms with van der Waals surface area (Å²) in [6.07, 6.45) is 0. The lowest BCUT2D eigenvalue weighted by Crippen LogP contribution is -2.31. The predicted molar refractivity (Wildman–Crippen MR) is 119 cm³/mol. The van der Waals surface area contributed by atoms with E-state index in [1.54, 1.807) is 35.6 Å². The van der Waals surface area contributed by atoms with Crippen molar-refractivity contribution in [1.29, 1.82) is 0 Å². The number of para-hydroxylation sites is 1. The second-order valence-corrected chi connectivity index (χ2v) is 8.03. The zero-order valence-electron chi connectivity index (χ0n) is 16.9. The molecular weight excluding hydrogens is 394 g/mol. The molecule has 0 fully saturated rings. The van der Waals surface area contributed by atoms with Gasteiger partial charge in [-0.25, -0.2) is 0 Å². The van der Waals surface area contributed by atoms with Crippen LogP contribution < -0.4 is 10.1 Å². The lowest BCUT2D eigenvalue weighted by atomic mass is 10.2. The number of rotatable bonds is 7. The summed E-state index contributed by atoms with van der Waals surface area (Å²) in [5, 5.41) is 9.72. The molecule has 0 spiro atoms. The lowest BCUT2D eigenvalue weighted by molar-refractivity contribution is 0.0949. The van der Waals surface area contributed by atoms with Crippen molar-refractivity contribution in [1.82, 2.24) is 15.1 Å². The third-order valence-corrected chi connectivity index (χ3v) is 5.74. The molecule has 2 aromatic carbocycles. The van der Waals surface area contributed by atoms with E-state index >= 15 is 0 Å². The molecule has 0 aliphatic carbocycles. The SMILES string of the molecule is Cc1cc(C)n(C(CNC(=O)c2ccc(Oc3ccccc3)cc2)c2cccs2)n1. The van der Waals surface area contributed by atoms with E-state index in [0.29, 0.717) is 17.9 Å². The van der Waals surface area contributed by atoms with Crippen LogP contribution in [0.3, 0.4) is 0 Å². The maximum Gasteiger partial charge on any atom is 0.251 e. The van der Waals surface area contributed by atoms with E-state index in [0.717, 1.165) is 22.0 Å². The van der Waals surface area contributed by atoms with Gasteiger partial charge in [-0.2, -0.15) is 5.10 Å². The van der Waals surface area contributed by atoms with Gasteiger partial charge in [-0.1, -0.05) is 24.3 Å². The van der Waals surface area contributed by atoms with Crippen LogP contribution in [0, 0.1) is 13.8 Å². The Bertz CT molecular complexity index is 1100. The molecule has 2 heterocycles. The van der Waals surface area contributed by atoms with Crippen molar-refractivity contribution in [3.05, 3.63) is 100 Å². The van der Waals surface area contributed by atoms with Crippen molar-refractivity contribution >= 4 is 17.2 Å². The summed E-state index contributed by atoms with van der Waals surface area (Å²) in [6, 6.07) is 22.8. The number of ether oxygens (including phenoxy) is 1. The van der Waals surface area contributed by atoms with Gasteiger partial charge in [-0.05, 0) is 67.8 Å². The molecule has 0 radical (unpaired) electrons. The number of aromatic nitrogens is 2. The predicted octanol–water partition coefficient (Wildman–Crippen LogP) is 5.37. The van der Waals surface area contributed by atoms with Crippen LogP contribution in [0.1, 0.15) is 32.7 Å². The Hall–Kier alpha value is -3.38. The van der Waals surface area contributed by atoms with Crippen LogP contribution in [0.15, 0.2) is 78.2 Å². The molecule has 2 aromatic heterocycles. The van der Waals surface area contributed by atoms with Crippen molar-refractivity contribution in [2.24, 2.45) is 0 Å². The number of carbonyl (C=O) groups excluding carboxylic acids is 1. The first-order chi connectivity index (χ1) is 14.6. The summed E-state index contributed by atoms with van der Waals surface area (Å²) in [5.41, 5.74) is 2.63. The fraction of sp³-hybridized carbons (Fsp3) is 0.167. The Labute approximate surface area is 179 Å². The third-order valence-electron chi connectivity index (χ3n) is 4.76. The number of carbonyl (C=O) groups is 1. The quantitative estimate of drug-likeness (QED) is 0.440. The zero-order valence-corrected chi connectivity index (χ0v) is 17.7. The molecule has 0 saturated heterocycles. The van der Waals surface area contributed by atoms with Gasteiger partial charge in [0.2, 0.25) is 0 Å². The van der Waals surface area contributed by atoms with Gasteiger partial charge in [0.25, 0.3) is 5.91 Å². The number of benzene rings is 2. The van der Waals surface area contributed by atoms with Gasteiger partial charge in [0.15, 0.2) is 0 Å². The summed E-state index contributed by atoms with van der Waals surface area (Å²) in [4.78, 5) is 13.9. The van der Waals surface area contributed by atoms with Gasteiger partial charge in [-0.3, -0.25) is 9.48 Å². The van der Waals surface area contributed by atoms with Gasteiger partial charge in [0.05, 0.1) is 5.69 Å². The van der Waals surface area contributed by atoms with Crippen molar-refractivity contribution in [3.8, 4) is 11.5 Å². The fourth-order valence-electron chi connectivity index (χ4n) is 3.34. The molecule has 0 aliphatic rings. The minimum atomic E-state index is -0.121. The minimum absolute atomic E-state index is 0.0386. The summed E-state index contributed by atoms with van der Waals surface area (Å²) in [6.45, 7) is 4.48. The van der Waals surface area contributed by atoms with Gasteiger partial charge in [-0.15, -0.1) is 11.3 Å². The zero-order chi connectivity index (χ0) is 20.9. The van der Waals surface area contributed by atoms with Crippen LogP contribution in [-0.2, 0) is 0 Å². The summed E-state index contributed by atoms with van der Waals surface area (Å²) in [5.74, 6) is 1.33. The Morgan fingerprint density at radius 3 is 2.40 bits per heavy atom. The molecule has 0 saturated carbocycles.